The average molecular weight is 608 g/mol. The van der Waals surface area contributed by atoms with Gasteiger partial charge in [0.2, 0.25) is 11.8 Å². The lowest BCUT2D eigenvalue weighted by atomic mass is 9.96. The van der Waals surface area contributed by atoms with E-state index in [-0.39, 0.29) is 31.3 Å². The molecule has 236 valence electrons. The normalized spacial score (nSPS) is 17.7. The summed E-state index contributed by atoms with van der Waals surface area (Å²) in [6.07, 6.45) is 1.81. The van der Waals surface area contributed by atoms with Gasteiger partial charge in [-0.2, -0.15) is 0 Å². The summed E-state index contributed by atoms with van der Waals surface area (Å²) in [5.41, 5.74) is 7.42. The molecule has 2 aromatic rings. The second-order valence-electron chi connectivity index (χ2n) is 10.8. The Morgan fingerprint density at radius 2 is 1.57 bits per heavy atom. The maximum atomic E-state index is 13.7. The summed E-state index contributed by atoms with van der Waals surface area (Å²) in [5.74, 6) is -2.72. The van der Waals surface area contributed by atoms with Gasteiger partial charge in [-0.05, 0) is 29.9 Å². The zero-order chi connectivity index (χ0) is 32.1. The highest BCUT2D eigenvalue weighted by Crippen LogP contribution is 2.12. The number of hydrogen-bond donors (Lipinski definition) is 7. The molecule has 0 aromatic heterocycles. The SMILES string of the molecule is CCC(C)[C@H](NC(=O)[C@@H](NC(=O)N[C@@H](Cc1ccccc1)C(=O)O)C1CCN=C(N)N1)C(=O)N[C@H](C=O)Cc1ccccc1. The van der Waals surface area contributed by atoms with Crippen molar-refractivity contribution in [3.8, 4) is 0 Å². The third-order valence-electron chi connectivity index (χ3n) is 7.50. The molecule has 0 saturated heterocycles. The number of urea groups is 1. The second-order valence-corrected chi connectivity index (χ2v) is 10.8. The van der Waals surface area contributed by atoms with Gasteiger partial charge in [0.05, 0.1) is 12.1 Å². The monoisotopic (exact) mass is 607 g/mol. The quantitative estimate of drug-likeness (QED) is 0.142. The molecule has 2 aromatic carbocycles. The number of aliphatic imine (C=N–C) groups is 1. The number of nitrogens with zero attached hydrogens (tertiary/aromatic N) is 1. The predicted molar refractivity (Wildman–Crippen MR) is 165 cm³/mol. The van der Waals surface area contributed by atoms with Gasteiger partial charge >= 0.3 is 12.0 Å². The van der Waals surface area contributed by atoms with E-state index in [0.29, 0.717) is 24.7 Å². The van der Waals surface area contributed by atoms with Crippen LogP contribution in [-0.4, -0.2) is 77.9 Å². The summed E-state index contributed by atoms with van der Waals surface area (Å²) < 4.78 is 0. The van der Waals surface area contributed by atoms with Gasteiger partial charge in [0, 0.05) is 13.0 Å². The number of benzene rings is 2. The number of rotatable bonds is 15. The Labute approximate surface area is 256 Å². The maximum absolute atomic E-state index is 13.7. The minimum absolute atomic E-state index is 0.0267. The number of aliphatic carboxylic acids is 1. The van der Waals surface area contributed by atoms with E-state index in [4.69, 9.17) is 5.73 Å². The van der Waals surface area contributed by atoms with E-state index < -0.39 is 54.0 Å². The van der Waals surface area contributed by atoms with E-state index >= 15 is 0 Å². The Kier molecular flexibility index (Phi) is 12.7. The van der Waals surface area contributed by atoms with Crippen LogP contribution in [0.1, 0.15) is 37.8 Å². The molecule has 0 fully saturated rings. The number of carboxylic acids is 1. The summed E-state index contributed by atoms with van der Waals surface area (Å²) in [6, 6.07) is 12.1. The van der Waals surface area contributed by atoms with E-state index in [1.54, 1.807) is 37.3 Å². The molecule has 0 radical (unpaired) electrons. The molecule has 1 aliphatic heterocycles. The van der Waals surface area contributed by atoms with Crippen LogP contribution >= 0.6 is 0 Å². The molecule has 6 atom stereocenters. The van der Waals surface area contributed by atoms with Gasteiger partial charge in [0.15, 0.2) is 5.96 Å². The third kappa shape index (κ3) is 10.1. The summed E-state index contributed by atoms with van der Waals surface area (Å²) >= 11 is 0. The summed E-state index contributed by atoms with van der Waals surface area (Å²) in [7, 11) is 0. The highest BCUT2D eigenvalue weighted by Gasteiger charge is 2.36. The van der Waals surface area contributed by atoms with Crippen molar-refractivity contribution in [2.45, 2.75) is 69.7 Å². The first kappa shape index (κ1) is 33.6. The van der Waals surface area contributed by atoms with E-state index in [1.807, 2.05) is 37.3 Å². The van der Waals surface area contributed by atoms with Crippen LogP contribution in [0, 0.1) is 5.92 Å². The van der Waals surface area contributed by atoms with Crippen LogP contribution in [0.25, 0.3) is 0 Å². The summed E-state index contributed by atoms with van der Waals surface area (Å²) in [6.45, 7) is 3.94. The Morgan fingerprint density at radius 1 is 0.955 bits per heavy atom. The zero-order valence-corrected chi connectivity index (χ0v) is 24.9. The molecule has 0 bridgehead atoms. The Bertz CT molecular complexity index is 1310. The summed E-state index contributed by atoms with van der Waals surface area (Å²) in [4.78, 5) is 68.0. The average Bonchev–Trinajstić information content (AvgIpc) is 3.02. The van der Waals surface area contributed by atoms with Crippen LogP contribution in [0.3, 0.4) is 0 Å². The molecule has 0 saturated carbocycles. The van der Waals surface area contributed by atoms with E-state index in [2.05, 4.69) is 31.6 Å². The van der Waals surface area contributed by atoms with Crippen molar-refractivity contribution in [3.05, 3.63) is 71.8 Å². The van der Waals surface area contributed by atoms with Crippen LogP contribution in [-0.2, 0) is 32.0 Å². The third-order valence-corrected chi connectivity index (χ3v) is 7.50. The van der Waals surface area contributed by atoms with Gasteiger partial charge in [-0.15, -0.1) is 0 Å². The number of amides is 4. The van der Waals surface area contributed by atoms with Crippen LogP contribution in [0.2, 0.25) is 0 Å². The molecule has 1 heterocycles. The maximum Gasteiger partial charge on any atom is 0.326 e. The van der Waals surface area contributed by atoms with Crippen molar-refractivity contribution < 1.29 is 29.1 Å². The molecule has 0 spiro atoms. The van der Waals surface area contributed by atoms with Gasteiger partial charge in [-0.1, -0.05) is 80.9 Å². The molecular formula is C31H41N7O6. The Balaban J connectivity index is 1.76. The van der Waals surface area contributed by atoms with Crippen LogP contribution in [0.4, 0.5) is 4.79 Å². The van der Waals surface area contributed by atoms with Gasteiger partial charge in [0.25, 0.3) is 0 Å². The van der Waals surface area contributed by atoms with E-state index in [1.165, 1.54) is 0 Å². The van der Waals surface area contributed by atoms with E-state index in [9.17, 15) is 29.1 Å². The lowest BCUT2D eigenvalue weighted by molar-refractivity contribution is -0.139. The highest BCUT2D eigenvalue weighted by atomic mass is 16.4. The number of aldehydes is 1. The minimum Gasteiger partial charge on any atom is -0.480 e. The Morgan fingerprint density at radius 3 is 2.11 bits per heavy atom. The minimum atomic E-state index is -1.27. The molecule has 1 aliphatic rings. The first-order valence-electron chi connectivity index (χ1n) is 14.6. The number of nitrogens with two attached hydrogens (primary N) is 1. The molecule has 2 unspecified atom stereocenters. The zero-order valence-electron chi connectivity index (χ0n) is 24.9. The predicted octanol–water partition coefficient (Wildman–Crippen LogP) is 0.484. The lowest BCUT2D eigenvalue weighted by Gasteiger charge is -2.33. The van der Waals surface area contributed by atoms with Crippen molar-refractivity contribution in [1.82, 2.24) is 26.6 Å². The lowest BCUT2D eigenvalue weighted by Crippen LogP contribution is -2.65. The number of carbonyl (C=O) groups is 5. The number of guanidine groups is 1. The second kappa shape index (κ2) is 16.6. The fraction of sp³-hybridized carbons (Fsp3) is 0.419. The molecule has 3 rings (SSSR count). The Hall–Kier alpha value is -4.94. The number of carboxylic acid groups (broad SMARTS) is 1. The fourth-order valence-electron chi connectivity index (χ4n) is 4.84. The highest BCUT2D eigenvalue weighted by molar-refractivity contribution is 5.94. The van der Waals surface area contributed by atoms with Crippen LogP contribution in [0.5, 0.6) is 0 Å². The molecule has 44 heavy (non-hydrogen) atoms. The smallest absolute Gasteiger partial charge is 0.326 e. The molecular weight excluding hydrogens is 566 g/mol. The summed E-state index contributed by atoms with van der Waals surface area (Å²) in [5, 5.41) is 23.1. The molecule has 0 aliphatic carbocycles. The molecule has 13 nitrogen and oxygen atoms in total. The topological polar surface area (TPSA) is 204 Å². The number of nitrogens with one attached hydrogen (secondary N) is 5. The van der Waals surface area contributed by atoms with Gasteiger partial charge < -0.3 is 42.2 Å². The van der Waals surface area contributed by atoms with Crippen LogP contribution < -0.4 is 32.3 Å². The van der Waals surface area contributed by atoms with Gasteiger partial charge in [-0.25, -0.2) is 9.59 Å². The standard InChI is InChI=1S/C31H41N7O6/c1-3-19(2)25(27(40)34-22(18-39)16-20-10-6-4-7-11-20)37-28(41)26(23-14-15-33-30(32)35-23)38-31(44)36-24(29(42)43)17-21-12-8-5-9-13-21/h4-13,18-19,22-26H,3,14-17H2,1-2H3,(H,34,40)(H,37,41)(H,42,43)(H3,32,33,35)(H2,36,38,44)/t19?,22-,23?,24-,25-,26-/m0/s1. The van der Waals surface area contributed by atoms with Crippen molar-refractivity contribution >= 4 is 36.1 Å². The fourth-order valence-corrected chi connectivity index (χ4v) is 4.84. The van der Waals surface area contributed by atoms with Gasteiger partial charge in [-0.3, -0.25) is 14.6 Å². The van der Waals surface area contributed by atoms with Crippen molar-refractivity contribution in [1.29, 1.82) is 0 Å². The number of hydrogen-bond acceptors (Lipinski definition) is 8. The molecule has 13 heteroatoms. The van der Waals surface area contributed by atoms with Crippen molar-refractivity contribution in [2.75, 3.05) is 6.54 Å². The first-order valence-corrected chi connectivity index (χ1v) is 14.6. The van der Waals surface area contributed by atoms with Crippen LogP contribution in [0.15, 0.2) is 65.7 Å². The number of carbonyl (C=O) groups excluding carboxylic acids is 4. The van der Waals surface area contributed by atoms with Crippen molar-refractivity contribution in [3.63, 3.8) is 0 Å². The largest absolute Gasteiger partial charge is 0.480 e. The molecule has 8 N–H and O–H groups in total. The molecule has 4 amide bonds. The first-order chi connectivity index (χ1) is 21.1. The van der Waals surface area contributed by atoms with E-state index in [0.717, 1.165) is 5.56 Å². The van der Waals surface area contributed by atoms with Gasteiger partial charge in [0.1, 0.15) is 24.4 Å². The van der Waals surface area contributed by atoms with Crippen molar-refractivity contribution in [2.24, 2.45) is 16.6 Å².